The largest absolute Gasteiger partial charge is 0.396 e. The number of para-hydroxylation sites is 1. The van der Waals surface area contributed by atoms with Crippen LogP contribution in [0.3, 0.4) is 0 Å². The van der Waals surface area contributed by atoms with E-state index in [9.17, 15) is 4.79 Å². The second-order valence-corrected chi connectivity index (χ2v) is 6.23. The van der Waals surface area contributed by atoms with E-state index < -0.39 is 0 Å². The minimum Gasteiger partial charge on any atom is -0.396 e. The minimum atomic E-state index is 0.0290. The summed E-state index contributed by atoms with van der Waals surface area (Å²) in [5.41, 5.74) is 0.880. The first-order chi connectivity index (χ1) is 10.2. The fraction of sp³-hybridized carbons (Fsp3) is 0.562. The molecule has 0 spiro atoms. The summed E-state index contributed by atoms with van der Waals surface area (Å²) in [6, 6.07) is 8.37. The van der Waals surface area contributed by atoms with E-state index in [1.54, 1.807) is 11.8 Å². The van der Waals surface area contributed by atoms with E-state index in [0.717, 1.165) is 23.5 Å². The maximum absolute atomic E-state index is 12.3. The number of thioether (sulfide) groups is 1. The van der Waals surface area contributed by atoms with Crippen molar-refractivity contribution >= 4 is 23.4 Å². The van der Waals surface area contributed by atoms with Gasteiger partial charge in [-0.15, -0.1) is 11.8 Å². The van der Waals surface area contributed by atoms with Crippen LogP contribution < -0.4 is 5.32 Å². The van der Waals surface area contributed by atoms with Gasteiger partial charge in [-0.2, -0.15) is 0 Å². The molecule has 0 atom stereocenters. The Morgan fingerprint density at radius 2 is 2.19 bits per heavy atom. The van der Waals surface area contributed by atoms with Crippen molar-refractivity contribution in [3.05, 3.63) is 24.3 Å². The molecule has 1 fully saturated rings. The lowest BCUT2D eigenvalue weighted by atomic mass is 9.91. The Labute approximate surface area is 130 Å². The average molecular weight is 308 g/mol. The van der Waals surface area contributed by atoms with Crippen molar-refractivity contribution in [1.29, 1.82) is 0 Å². The van der Waals surface area contributed by atoms with Crippen LogP contribution >= 0.6 is 11.8 Å². The number of hydrogen-bond acceptors (Lipinski definition) is 4. The molecule has 0 radical (unpaired) electrons. The fourth-order valence-corrected chi connectivity index (χ4v) is 3.09. The number of aliphatic hydroxyl groups excluding tert-OH is 1. The van der Waals surface area contributed by atoms with Gasteiger partial charge in [0.2, 0.25) is 5.91 Å². The second kappa shape index (κ2) is 8.41. The predicted octanol–water partition coefficient (Wildman–Crippen LogP) is 2.58. The Hall–Kier alpha value is -1.04. The number of nitrogens with zero attached hydrogens (tertiary/aromatic N) is 1. The molecule has 2 N–H and O–H groups in total. The van der Waals surface area contributed by atoms with E-state index >= 15 is 0 Å². The molecule has 1 saturated carbocycles. The van der Waals surface area contributed by atoms with Crippen LogP contribution in [0.2, 0.25) is 0 Å². The first-order valence-corrected chi connectivity index (χ1v) is 8.75. The fourth-order valence-electron chi connectivity index (χ4n) is 2.54. The Kier molecular flexibility index (Phi) is 6.54. The standard InChI is InChI=1S/C16H24N2O2S/c1-21-15-9-3-2-8-14(15)17-16(20)12-18(10-5-11-19)13-6-4-7-13/h2-3,8-9,13,19H,4-7,10-12H2,1H3,(H,17,20). The predicted molar refractivity (Wildman–Crippen MR) is 87.8 cm³/mol. The first kappa shape index (κ1) is 16.3. The molecule has 1 aliphatic carbocycles. The van der Waals surface area contributed by atoms with Gasteiger partial charge in [-0.3, -0.25) is 9.69 Å². The molecular formula is C16H24N2O2S. The molecule has 0 bridgehead atoms. The summed E-state index contributed by atoms with van der Waals surface area (Å²) >= 11 is 1.63. The first-order valence-electron chi connectivity index (χ1n) is 7.52. The molecular weight excluding hydrogens is 284 g/mol. The van der Waals surface area contributed by atoms with Crippen LogP contribution in [-0.4, -0.2) is 47.9 Å². The number of nitrogens with one attached hydrogen (secondary N) is 1. The molecule has 4 nitrogen and oxygen atoms in total. The van der Waals surface area contributed by atoms with E-state index in [2.05, 4.69) is 10.2 Å². The number of anilines is 1. The molecule has 0 aromatic heterocycles. The number of rotatable bonds is 8. The van der Waals surface area contributed by atoms with Gasteiger partial charge in [-0.1, -0.05) is 18.6 Å². The van der Waals surface area contributed by atoms with Crippen molar-refractivity contribution in [1.82, 2.24) is 4.90 Å². The highest BCUT2D eigenvalue weighted by molar-refractivity contribution is 7.98. The summed E-state index contributed by atoms with van der Waals surface area (Å²) in [7, 11) is 0. The minimum absolute atomic E-state index is 0.0290. The van der Waals surface area contributed by atoms with E-state index in [0.29, 0.717) is 12.6 Å². The van der Waals surface area contributed by atoms with Crippen molar-refractivity contribution in [2.45, 2.75) is 36.6 Å². The Balaban J connectivity index is 1.91. The van der Waals surface area contributed by atoms with E-state index in [-0.39, 0.29) is 12.5 Å². The molecule has 1 amide bonds. The Bertz CT molecular complexity index is 463. The number of amides is 1. The highest BCUT2D eigenvalue weighted by Crippen LogP contribution is 2.26. The van der Waals surface area contributed by atoms with Crippen LogP contribution in [-0.2, 0) is 4.79 Å². The van der Waals surface area contributed by atoms with Crippen LogP contribution in [0.25, 0.3) is 0 Å². The van der Waals surface area contributed by atoms with Crippen molar-refractivity contribution in [3.63, 3.8) is 0 Å². The molecule has 0 heterocycles. The molecule has 1 aromatic rings. The van der Waals surface area contributed by atoms with E-state index in [4.69, 9.17) is 5.11 Å². The average Bonchev–Trinajstić information content (AvgIpc) is 2.43. The van der Waals surface area contributed by atoms with Crippen molar-refractivity contribution in [2.24, 2.45) is 0 Å². The third-order valence-corrected chi connectivity index (χ3v) is 4.72. The molecule has 0 unspecified atom stereocenters. The van der Waals surface area contributed by atoms with Crippen LogP contribution in [0, 0.1) is 0 Å². The van der Waals surface area contributed by atoms with Gasteiger partial charge in [0.15, 0.2) is 0 Å². The highest BCUT2D eigenvalue weighted by Gasteiger charge is 2.26. The molecule has 1 aromatic carbocycles. The maximum atomic E-state index is 12.3. The zero-order valence-corrected chi connectivity index (χ0v) is 13.4. The Morgan fingerprint density at radius 1 is 1.43 bits per heavy atom. The van der Waals surface area contributed by atoms with E-state index in [1.807, 2.05) is 30.5 Å². The SMILES string of the molecule is CSc1ccccc1NC(=O)CN(CCCO)C1CCC1. The highest BCUT2D eigenvalue weighted by atomic mass is 32.2. The van der Waals surface area contributed by atoms with Crippen molar-refractivity contribution in [3.8, 4) is 0 Å². The topological polar surface area (TPSA) is 52.6 Å². The van der Waals surface area contributed by atoms with Gasteiger partial charge in [0, 0.05) is 24.1 Å². The van der Waals surface area contributed by atoms with Crippen LogP contribution in [0.5, 0.6) is 0 Å². The van der Waals surface area contributed by atoms with E-state index in [1.165, 1.54) is 19.3 Å². The van der Waals surface area contributed by atoms with Crippen LogP contribution in [0.15, 0.2) is 29.2 Å². The number of carbonyl (C=O) groups excluding carboxylic acids is 1. The Morgan fingerprint density at radius 3 is 2.81 bits per heavy atom. The molecule has 21 heavy (non-hydrogen) atoms. The summed E-state index contributed by atoms with van der Waals surface area (Å²) < 4.78 is 0. The van der Waals surface area contributed by atoms with Gasteiger partial charge in [-0.05, 0) is 37.7 Å². The van der Waals surface area contributed by atoms with Crippen LogP contribution in [0.1, 0.15) is 25.7 Å². The van der Waals surface area contributed by atoms with Crippen molar-refractivity contribution in [2.75, 3.05) is 31.3 Å². The normalized spacial score (nSPS) is 15.0. The van der Waals surface area contributed by atoms with Gasteiger partial charge in [0.05, 0.1) is 12.2 Å². The van der Waals surface area contributed by atoms with Gasteiger partial charge in [-0.25, -0.2) is 0 Å². The van der Waals surface area contributed by atoms with Gasteiger partial charge in [0.1, 0.15) is 0 Å². The summed E-state index contributed by atoms with van der Waals surface area (Å²) in [6.45, 7) is 1.38. The number of aliphatic hydroxyl groups is 1. The van der Waals surface area contributed by atoms with Gasteiger partial charge < -0.3 is 10.4 Å². The maximum Gasteiger partial charge on any atom is 0.238 e. The summed E-state index contributed by atoms with van der Waals surface area (Å²) in [6.07, 6.45) is 6.31. The van der Waals surface area contributed by atoms with Gasteiger partial charge in [0.25, 0.3) is 0 Å². The van der Waals surface area contributed by atoms with Crippen LogP contribution in [0.4, 0.5) is 5.69 Å². The molecule has 0 saturated heterocycles. The monoisotopic (exact) mass is 308 g/mol. The molecule has 0 aliphatic heterocycles. The molecule has 116 valence electrons. The quantitative estimate of drug-likeness (QED) is 0.725. The zero-order valence-electron chi connectivity index (χ0n) is 12.5. The summed E-state index contributed by atoms with van der Waals surface area (Å²) in [4.78, 5) is 15.6. The number of carbonyl (C=O) groups is 1. The van der Waals surface area contributed by atoms with Gasteiger partial charge >= 0.3 is 0 Å². The third-order valence-electron chi connectivity index (χ3n) is 3.92. The molecule has 2 rings (SSSR count). The lowest BCUT2D eigenvalue weighted by molar-refractivity contribution is -0.118. The van der Waals surface area contributed by atoms with Crippen molar-refractivity contribution < 1.29 is 9.90 Å². The zero-order chi connectivity index (χ0) is 15.1. The third kappa shape index (κ3) is 4.73. The second-order valence-electron chi connectivity index (χ2n) is 5.38. The summed E-state index contributed by atoms with van der Waals surface area (Å²) in [5, 5.41) is 12.0. The number of hydrogen-bond donors (Lipinski definition) is 2. The number of benzene rings is 1. The smallest absolute Gasteiger partial charge is 0.238 e. The lowest BCUT2D eigenvalue weighted by Gasteiger charge is -2.37. The molecule has 5 heteroatoms. The molecule has 1 aliphatic rings. The summed E-state index contributed by atoms with van der Waals surface area (Å²) in [5.74, 6) is 0.0290. The lowest BCUT2D eigenvalue weighted by Crippen LogP contribution is -2.45.